The van der Waals surface area contributed by atoms with Gasteiger partial charge < -0.3 is 0 Å². The quantitative estimate of drug-likeness (QED) is 0.677. The van der Waals surface area contributed by atoms with E-state index < -0.39 is 0 Å². The molecule has 0 aromatic carbocycles. The van der Waals surface area contributed by atoms with Gasteiger partial charge in [-0.25, -0.2) is 0 Å². The summed E-state index contributed by atoms with van der Waals surface area (Å²) >= 11 is 0. The first-order valence-corrected chi connectivity index (χ1v) is 6.85. The number of rotatable bonds is 4. The minimum absolute atomic E-state index is 0.434. The summed E-state index contributed by atoms with van der Waals surface area (Å²) < 4.78 is 0. The van der Waals surface area contributed by atoms with Crippen LogP contribution in [0.25, 0.3) is 0 Å². The van der Waals surface area contributed by atoms with Crippen molar-refractivity contribution in [3.63, 3.8) is 0 Å². The molecule has 1 rings (SSSR count). The molecule has 1 heteroatoms. The Morgan fingerprint density at radius 3 is 2.60 bits per heavy atom. The highest BCUT2D eigenvalue weighted by Gasteiger charge is 2.31. The van der Waals surface area contributed by atoms with Crippen LogP contribution < -0.4 is 0 Å². The van der Waals surface area contributed by atoms with Crippen LogP contribution in [-0.2, 0) is 0 Å². The second-order valence-electron chi connectivity index (χ2n) is 5.75. The highest BCUT2D eigenvalue weighted by molar-refractivity contribution is 4.86. The molecule has 1 fully saturated rings. The van der Waals surface area contributed by atoms with Gasteiger partial charge in [0, 0.05) is 5.54 Å². The van der Waals surface area contributed by atoms with Gasteiger partial charge in [-0.05, 0) is 52.1 Å². The van der Waals surface area contributed by atoms with E-state index in [4.69, 9.17) is 0 Å². The van der Waals surface area contributed by atoms with Gasteiger partial charge in [-0.15, -0.1) is 0 Å². The second-order valence-corrected chi connectivity index (χ2v) is 5.75. The molecule has 1 unspecified atom stereocenters. The average molecular weight is 211 g/mol. The summed E-state index contributed by atoms with van der Waals surface area (Å²) in [5, 5.41) is 0. The summed E-state index contributed by atoms with van der Waals surface area (Å²) in [6.07, 6.45) is 8.51. The maximum Gasteiger partial charge on any atom is 0.0155 e. The third kappa shape index (κ3) is 3.79. The van der Waals surface area contributed by atoms with Gasteiger partial charge in [0.15, 0.2) is 0 Å². The van der Waals surface area contributed by atoms with Crippen molar-refractivity contribution in [3.8, 4) is 0 Å². The van der Waals surface area contributed by atoms with Crippen molar-refractivity contribution in [1.29, 1.82) is 0 Å². The summed E-state index contributed by atoms with van der Waals surface area (Å²) in [6.45, 7) is 12.0. The fraction of sp³-hybridized carbons (Fsp3) is 1.00. The molecule has 0 aromatic heterocycles. The normalized spacial score (nSPS) is 27.6. The molecular weight excluding hydrogens is 182 g/mol. The van der Waals surface area contributed by atoms with Crippen molar-refractivity contribution in [2.24, 2.45) is 5.92 Å². The molecule has 0 radical (unpaired) electrons. The van der Waals surface area contributed by atoms with E-state index >= 15 is 0 Å². The van der Waals surface area contributed by atoms with Gasteiger partial charge in [-0.1, -0.05) is 33.1 Å². The highest BCUT2D eigenvalue weighted by Crippen LogP contribution is 2.32. The van der Waals surface area contributed by atoms with Crippen molar-refractivity contribution in [2.75, 3.05) is 13.1 Å². The monoisotopic (exact) mass is 211 g/mol. The zero-order valence-corrected chi connectivity index (χ0v) is 11.2. The lowest BCUT2D eigenvalue weighted by atomic mass is 9.86. The molecule has 1 nitrogen and oxygen atoms in total. The molecule has 0 N–H and O–H groups in total. The van der Waals surface area contributed by atoms with E-state index in [0.29, 0.717) is 5.54 Å². The Hall–Kier alpha value is -0.0400. The van der Waals surface area contributed by atoms with Crippen LogP contribution in [0.3, 0.4) is 0 Å². The van der Waals surface area contributed by atoms with Crippen molar-refractivity contribution < 1.29 is 0 Å². The van der Waals surface area contributed by atoms with Crippen LogP contribution in [0.15, 0.2) is 0 Å². The zero-order valence-electron chi connectivity index (χ0n) is 11.2. The molecule has 1 aliphatic rings. The lowest BCUT2D eigenvalue weighted by Gasteiger charge is -2.37. The van der Waals surface area contributed by atoms with Crippen molar-refractivity contribution in [3.05, 3.63) is 0 Å². The van der Waals surface area contributed by atoms with Crippen LogP contribution in [0, 0.1) is 5.92 Å². The molecule has 1 atom stereocenters. The van der Waals surface area contributed by atoms with Crippen LogP contribution in [-0.4, -0.2) is 23.5 Å². The number of hydrogen-bond donors (Lipinski definition) is 0. The lowest BCUT2D eigenvalue weighted by Crippen LogP contribution is -2.43. The number of nitrogens with zero attached hydrogens (tertiary/aromatic N) is 1. The van der Waals surface area contributed by atoms with Crippen molar-refractivity contribution in [2.45, 2.75) is 71.8 Å². The van der Waals surface area contributed by atoms with Gasteiger partial charge in [0.05, 0.1) is 0 Å². The molecule has 1 saturated heterocycles. The molecule has 0 aliphatic carbocycles. The smallest absolute Gasteiger partial charge is 0.0155 e. The Labute approximate surface area is 96.2 Å². The SMILES string of the molecule is CCCCC1CCCN(CC)C(C)(C)C1. The zero-order chi connectivity index (χ0) is 11.3. The number of hydrogen-bond acceptors (Lipinski definition) is 1. The van der Waals surface area contributed by atoms with E-state index in [9.17, 15) is 0 Å². The molecular formula is C14H29N. The number of unbranched alkanes of at least 4 members (excludes halogenated alkanes) is 1. The summed E-state index contributed by atoms with van der Waals surface area (Å²) in [5.41, 5.74) is 0.434. The fourth-order valence-corrected chi connectivity index (χ4v) is 3.14. The Morgan fingerprint density at radius 1 is 1.27 bits per heavy atom. The summed E-state index contributed by atoms with van der Waals surface area (Å²) in [5.74, 6) is 0.983. The molecule has 0 amide bonds. The van der Waals surface area contributed by atoms with E-state index in [0.717, 1.165) is 5.92 Å². The molecule has 90 valence electrons. The van der Waals surface area contributed by atoms with E-state index in [1.54, 1.807) is 0 Å². The Balaban J connectivity index is 2.51. The minimum atomic E-state index is 0.434. The molecule has 1 heterocycles. The lowest BCUT2D eigenvalue weighted by molar-refractivity contribution is 0.119. The maximum atomic E-state index is 2.67. The third-order valence-corrected chi connectivity index (χ3v) is 4.03. The minimum Gasteiger partial charge on any atom is -0.298 e. The van der Waals surface area contributed by atoms with E-state index in [-0.39, 0.29) is 0 Å². The highest BCUT2D eigenvalue weighted by atomic mass is 15.2. The third-order valence-electron chi connectivity index (χ3n) is 4.03. The van der Waals surface area contributed by atoms with Crippen LogP contribution in [0.2, 0.25) is 0 Å². The predicted molar refractivity (Wildman–Crippen MR) is 68.2 cm³/mol. The molecule has 0 bridgehead atoms. The Morgan fingerprint density at radius 2 is 2.00 bits per heavy atom. The molecule has 0 spiro atoms. The molecule has 0 aromatic rings. The number of likely N-dealkylation sites (tertiary alicyclic amines) is 1. The maximum absolute atomic E-state index is 2.67. The average Bonchev–Trinajstić information content (AvgIpc) is 2.33. The van der Waals surface area contributed by atoms with Gasteiger partial charge in [0.1, 0.15) is 0 Å². The molecule has 15 heavy (non-hydrogen) atoms. The Kier molecular flexibility index (Phi) is 5.11. The summed E-state index contributed by atoms with van der Waals surface area (Å²) in [7, 11) is 0. The van der Waals surface area contributed by atoms with Gasteiger partial charge in [-0.3, -0.25) is 4.90 Å². The van der Waals surface area contributed by atoms with Crippen LogP contribution in [0.1, 0.15) is 66.2 Å². The van der Waals surface area contributed by atoms with Crippen LogP contribution in [0.5, 0.6) is 0 Å². The second kappa shape index (κ2) is 5.89. The first-order valence-electron chi connectivity index (χ1n) is 6.85. The van der Waals surface area contributed by atoms with E-state index in [1.165, 1.54) is 51.6 Å². The first kappa shape index (κ1) is 13.0. The first-order chi connectivity index (χ1) is 7.10. The summed E-state index contributed by atoms with van der Waals surface area (Å²) in [4.78, 5) is 2.67. The predicted octanol–water partition coefficient (Wildman–Crippen LogP) is 4.08. The van der Waals surface area contributed by atoms with E-state index in [2.05, 4.69) is 32.6 Å². The fourth-order valence-electron chi connectivity index (χ4n) is 3.14. The standard InChI is InChI=1S/C14H29N/c1-5-7-9-13-10-8-11-15(6-2)14(3,4)12-13/h13H,5-12H2,1-4H3. The van der Waals surface area contributed by atoms with Gasteiger partial charge in [0.25, 0.3) is 0 Å². The van der Waals surface area contributed by atoms with Crippen LogP contribution >= 0.6 is 0 Å². The largest absolute Gasteiger partial charge is 0.298 e. The Bertz CT molecular complexity index is 174. The summed E-state index contributed by atoms with van der Waals surface area (Å²) in [6, 6.07) is 0. The molecule has 1 aliphatic heterocycles. The van der Waals surface area contributed by atoms with Crippen molar-refractivity contribution in [1.82, 2.24) is 4.90 Å². The van der Waals surface area contributed by atoms with E-state index in [1.807, 2.05) is 0 Å². The topological polar surface area (TPSA) is 3.24 Å². The van der Waals surface area contributed by atoms with Gasteiger partial charge in [0.2, 0.25) is 0 Å². The van der Waals surface area contributed by atoms with Gasteiger partial charge >= 0.3 is 0 Å². The van der Waals surface area contributed by atoms with Gasteiger partial charge in [-0.2, -0.15) is 0 Å². The van der Waals surface area contributed by atoms with Crippen LogP contribution in [0.4, 0.5) is 0 Å². The molecule has 0 saturated carbocycles. The van der Waals surface area contributed by atoms with Crippen molar-refractivity contribution >= 4 is 0 Å².